The molecule has 0 aliphatic carbocycles. The first kappa shape index (κ1) is 36.5. The molecule has 1 aliphatic heterocycles. The van der Waals surface area contributed by atoms with Gasteiger partial charge in [0, 0.05) is 29.9 Å². The zero-order valence-corrected chi connectivity index (χ0v) is 30.0. The predicted octanol–water partition coefficient (Wildman–Crippen LogP) is 5.98. The van der Waals surface area contributed by atoms with Gasteiger partial charge >= 0.3 is 11.9 Å². The molecule has 1 aromatic heterocycles. The average Bonchev–Trinajstić information content (AvgIpc) is 3.44. The van der Waals surface area contributed by atoms with Crippen LogP contribution in [0, 0.1) is 12.8 Å². The van der Waals surface area contributed by atoms with E-state index in [1.807, 2.05) is 36.4 Å². The van der Waals surface area contributed by atoms with Gasteiger partial charge in [-0.05, 0) is 59.2 Å². The second kappa shape index (κ2) is 14.6. The molecule has 1 aliphatic rings. The summed E-state index contributed by atoms with van der Waals surface area (Å²) in [4.78, 5) is 27.3. The highest BCUT2D eigenvalue weighted by Gasteiger charge is 2.51. The van der Waals surface area contributed by atoms with Crippen LogP contribution in [0.5, 0.6) is 0 Å². The van der Waals surface area contributed by atoms with Gasteiger partial charge in [-0.25, -0.2) is 4.79 Å². The van der Waals surface area contributed by atoms with Crippen LogP contribution in [0.4, 0.5) is 18.9 Å². The van der Waals surface area contributed by atoms with E-state index in [1.165, 1.54) is 22.9 Å². The summed E-state index contributed by atoms with van der Waals surface area (Å²) in [5.41, 5.74) is -1.34. The molecule has 0 unspecified atom stereocenters. The van der Waals surface area contributed by atoms with Crippen LogP contribution in [0.25, 0.3) is 0 Å². The largest absolute Gasteiger partial charge is 0.417 e. The Bertz CT molecular complexity index is 1860. The molecule has 1 fully saturated rings. The van der Waals surface area contributed by atoms with Crippen LogP contribution in [-0.4, -0.2) is 42.2 Å². The first-order valence-corrected chi connectivity index (χ1v) is 18.4. The Morgan fingerprint density at radius 2 is 1.65 bits per heavy atom. The molecule has 4 aromatic rings. The molecular weight excluding hydrogens is 693 g/mol. The van der Waals surface area contributed by atoms with Crippen molar-refractivity contribution >= 4 is 53.3 Å². The van der Waals surface area contributed by atoms with Crippen molar-refractivity contribution in [2.75, 3.05) is 18.5 Å². The third-order valence-corrected chi connectivity index (χ3v) is 14.3. The number of ether oxygens (including phenoxy) is 1. The summed E-state index contributed by atoms with van der Waals surface area (Å²) in [6, 6.07) is 23.7. The summed E-state index contributed by atoms with van der Waals surface area (Å²) < 4.78 is 54.7. The first-order chi connectivity index (χ1) is 23.1. The molecule has 1 saturated heterocycles. The molecule has 0 radical (unpaired) electrons. The average molecular weight is 731 g/mol. The van der Waals surface area contributed by atoms with E-state index in [-0.39, 0.29) is 28.4 Å². The van der Waals surface area contributed by atoms with Crippen LogP contribution in [0.1, 0.15) is 44.5 Å². The fourth-order valence-corrected chi connectivity index (χ4v) is 11.4. The quantitative estimate of drug-likeness (QED) is 0.144. The lowest BCUT2D eigenvalue weighted by molar-refractivity contribution is -0.137. The Labute approximate surface area is 293 Å². The fraction of sp³-hybridized carbons (Fsp3) is 0.343. The third kappa shape index (κ3) is 8.02. The van der Waals surface area contributed by atoms with Crippen LogP contribution in [0.15, 0.2) is 94.6 Å². The van der Waals surface area contributed by atoms with Crippen molar-refractivity contribution in [2.24, 2.45) is 5.92 Å². The molecule has 0 amide bonds. The monoisotopic (exact) mass is 730 g/mol. The summed E-state index contributed by atoms with van der Waals surface area (Å²) in [6.07, 6.45) is -3.89. The highest BCUT2D eigenvalue weighted by atomic mass is 35.5. The van der Waals surface area contributed by atoms with Gasteiger partial charge in [0.1, 0.15) is 6.23 Å². The number of thiocarbonyl (C=S) groups is 1. The topological polar surface area (TPSA) is 97.4 Å². The Kier molecular flexibility index (Phi) is 10.9. The van der Waals surface area contributed by atoms with Gasteiger partial charge in [0.25, 0.3) is 13.9 Å². The van der Waals surface area contributed by atoms with E-state index in [2.05, 4.69) is 60.7 Å². The number of alkyl halides is 3. The third-order valence-electron chi connectivity index (χ3n) is 8.76. The van der Waals surface area contributed by atoms with E-state index in [0.717, 1.165) is 16.4 Å². The number of rotatable bonds is 9. The molecule has 3 atom stereocenters. The van der Waals surface area contributed by atoms with Crippen molar-refractivity contribution in [1.82, 2.24) is 14.9 Å². The number of nitrogens with zero attached hydrogens (tertiary/aromatic N) is 1. The smallest absolute Gasteiger partial charge is 0.405 e. The van der Waals surface area contributed by atoms with Crippen molar-refractivity contribution in [1.29, 1.82) is 0 Å². The molecule has 2 heterocycles. The van der Waals surface area contributed by atoms with Crippen LogP contribution in [0.3, 0.4) is 0 Å². The molecule has 260 valence electrons. The first-order valence-electron chi connectivity index (χ1n) is 15.7. The standard InChI is InChI=1S/C35H38ClF3N4O4SSi/c1-22-20-43(33(45)42-31(22)44)30-17-23(19-40-32(48)41-24-15-16-27(28(36)18-24)35(37,38)39)29(47-30)21-46-49(34(2,3)4,25-11-7-5-8-12-25)26-13-9-6-10-14-26/h5-16,18,20,23,29-30H,17,19,21H2,1-4H3,(H2,40,41,48)(H,42,44,45)/t23-,29-,30-/m1/s1. The number of aryl methyl sites for hydroxylation is 1. The van der Waals surface area contributed by atoms with Crippen LogP contribution in [0.2, 0.25) is 10.1 Å². The van der Waals surface area contributed by atoms with Crippen LogP contribution in [-0.2, 0) is 15.3 Å². The molecule has 8 nitrogen and oxygen atoms in total. The van der Waals surface area contributed by atoms with Crippen LogP contribution >= 0.6 is 23.8 Å². The number of H-pyrrole nitrogens is 1. The van der Waals surface area contributed by atoms with E-state index in [4.69, 9.17) is 33.0 Å². The fourth-order valence-electron chi connectivity index (χ4n) is 6.34. The number of nitrogens with one attached hydrogen (secondary N) is 3. The molecule has 14 heteroatoms. The number of halogens is 4. The molecule has 3 N–H and O–H groups in total. The van der Waals surface area contributed by atoms with Crippen molar-refractivity contribution in [3.05, 3.63) is 122 Å². The lowest BCUT2D eigenvalue weighted by atomic mass is 10.0. The van der Waals surface area contributed by atoms with E-state index >= 15 is 0 Å². The maximum absolute atomic E-state index is 13.2. The lowest BCUT2D eigenvalue weighted by Gasteiger charge is -2.43. The summed E-state index contributed by atoms with van der Waals surface area (Å²) in [6.45, 7) is 8.64. The Balaban J connectivity index is 1.42. The molecular formula is C35H38ClF3N4O4SSi. The minimum absolute atomic E-state index is 0.169. The van der Waals surface area contributed by atoms with Gasteiger partial charge in [0.15, 0.2) is 5.11 Å². The molecule has 0 bridgehead atoms. The maximum Gasteiger partial charge on any atom is 0.417 e. The van der Waals surface area contributed by atoms with Crippen molar-refractivity contribution < 1.29 is 22.3 Å². The lowest BCUT2D eigenvalue weighted by Crippen LogP contribution is -2.67. The van der Waals surface area contributed by atoms with Gasteiger partial charge in [-0.3, -0.25) is 14.3 Å². The number of hydrogen-bond acceptors (Lipinski definition) is 5. The van der Waals surface area contributed by atoms with Crippen molar-refractivity contribution in [2.45, 2.75) is 57.7 Å². The Morgan fingerprint density at radius 3 is 2.20 bits per heavy atom. The van der Waals surface area contributed by atoms with Gasteiger partial charge in [0.05, 0.1) is 23.3 Å². The van der Waals surface area contributed by atoms with Gasteiger partial charge in [-0.2, -0.15) is 13.2 Å². The molecule has 0 saturated carbocycles. The number of hydrogen-bond donors (Lipinski definition) is 3. The number of benzene rings is 3. The van der Waals surface area contributed by atoms with E-state index in [9.17, 15) is 22.8 Å². The summed E-state index contributed by atoms with van der Waals surface area (Å²) in [5.74, 6) is -0.224. The zero-order valence-electron chi connectivity index (χ0n) is 27.4. The minimum Gasteiger partial charge on any atom is -0.405 e. The molecule has 3 aromatic carbocycles. The summed E-state index contributed by atoms with van der Waals surface area (Å²) in [5, 5.41) is 7.68. The van der Waals surface area contributed by atoms with E-state index in [0.29, 0.717) is 18.5 Å². The number of anilines is 1. The van der Waals surface area contributed by atoms with Gasteiger partial charge in [-0.1, -0.05) is 93.0 Å². The van der Waals surface area contributed by atoms with Gasteiger partial charge in [0.2, 0.25) is 0 Å². The van der Waals surface area contributed by atoms with E-state index < -0.39 is 48.7 Å². The summed E-state index contributed by atoms with van der Waals surface area (Å²) in [7, 11) is -2.94. The second-order valence-electron chi connectivity index (χ2n) is 13.1. The second-order valence-corrected chi connectivity index (χ2v) is 18.2. The normalized spacial score (nSPS) is 18.3. The number of aromatic nitrogens is 2. The minimum atomic E-state index is -4.58. The summed E-state index contributed by atoms with van der Waals surface area (Å²) >= 11 is 11.4. The predicted molar refractivity (Wildman–Crippen MR) is 192 cm³/mol. The van der Waals surface area contributed by atoms with Crippen molar-refractivity contribution in [3.8, 4) is 0 Å². The van der Waals surface area contributed by atoms with Crippen LogP contribution < -0.4 is 32.3 Å². The Morgan fingerprint density at radius 1 is 1.04 bits per heavy atom. The zero-order chi connectivity index (χ0) is 35.6. The van der Waals surface area contributed by atoms with Gasteiger partial charge in [-0.15, -0.1) is 0 Å². The van der Waals surface area contributed by atoms with E-state index in [1.54, 1.807) is 6.92 Å². The molecule has 49 heavy (non-hydrogen) atoms. The SMILES string of the molecule is Cc1cn([C@H]2C[C@H](CNC(=S)Nc3ccc(C(F)(F)F)c(Cl)c3)[C@@H](CO[Si](c3ccccc3)(c3ccccc3)C(C)(C)C)O2)c(=O)[nH]c1=O. The molecule has 0 spiro atoms. The maximum atomic E-state index is 13.2. The Hall–Kier alpha value is -3.75. The molecule has 5 rings (SSSR count). The van der Waals surface area contributed by atoms with Crippen molar-refractivity contribution in [3.63, 3.8) is 0 Å². The number of aromatic amines is 1. The highest BCUT2D eigenvalue weighted by Crippen LogP contribution is 2.39. The van der Waals surface area contributed by atoms with Gasteiger partial charge < -0.3 is 19.8 Å². The highest BCUT2D eigenvalue weighted by molar-refractivity contribution is 7.80.